The summed E-state index contributed by atoms with van der Waals surface area (Å²) in [4.78, 5) is 28.9. The number of benzene rings is 1. The maximum Gasteiger partial charge on any atom is 0.269 e. The topological polar surface area (TPSA) is 91.3 Å². The zero-order valence-corrected chi connectivity index (χ0v) is 15.1. The van der Waals surface area contributed by atoms with Crippen molar-refractivity contribution >= 4 is 11.8 Å². The first-order valence-electron chi connectivity index (χ1n) is 8.69. The van der Waals surface area contributed by atoms with Crippen LogP contribution in [-0.4, -0.2) is 35.0 Å². The second-order valence-electron chi connectivity index (χ2n) is 6.80. The van der Waals surface area contributed by atoms with E-state index in [1.165, 1.54) is 13.1 Å². The smallest absolute Gasteiger partial charge is 0.269 e. The molecule has 0 spiro atoms. The number of aromatic nitrogens is 1. The summed E-state index contributed by atoms with van der Waals surface area (Å²) in [5.74, 6) is -0.195. The first-order valence-corrected chi connectivity index (χ1v) is 8.69. The van der Waals surface area contributed by atoms with E-state index in [9.17, 15) is 14.7 Å². The van der Waals surface area contributed by atoms with Crippen molar-refractivity contribution in [3.8, 4) is 0 Å². The van der Waals surface area contributed by atoms with Crippen LogP contribution in [0.25, 0.3) is 0 Å². The lowest BCUT2D eigenvalue weighted by Gasteiger charge is -2.15. The molecular formula is C20H23N3O3. The van der Waals surface area contributed by atoms with Crippen molar-refractivity contribution in [2.45, 2.75) is 32.4 Å². The van der Waals surface area contributed by atoms with Crippen LogP contribution in [0.5, 0.6) is 0 Å². The van der Waals surface area contributed by atoms with E-state index in [4.69, 9.17) is 0 Å². The normalized spacial score (nSPS) is 19.5. The molecule has 0 aliphatic heterocycles. The Bertz CT molecular complexity index is 850. The third kappa shape index (κ3) is 3.75. The van der Waals surface area contributed by atoms with E-state index in [2.05, 4.69) is 22.5 Å². The molecule has 1 aromatic carbocycles. The van der Waals surface area contributed by atoms with Crippen LogP contribution in [0.4, 0.5) is 0 Å². The summed E-state index contributed by atoms with van der Waals surface area (Å²) >= 11 is 0. The molecule has 1 aliphatic rings. The van der Waals surface area contributed by atoms with Crippen molar-refractivity contribution in [3.63, 3.8) is 0 Å². The van der Waals surface area contributed by atoms with Gasteiger partial charge in [-0.2, -0.15) is 0 Å². The predicted molar refractivity (Wildman–Crippen MR) is 97.9 cm³/mol. The Morgan fingerprint density at radius 1 is 1.23 bits per heavy atom. The lowest BCUT2D eigenvalue weighted by atomic mass is 9.99. The van der Waals surface area contributed by atoms with E-state index in [0.29, 0.717) is 17.0 Å². The second-order valence-corrected chi connectivity index (χ2v) is 6.80. The number of aliphatic hydroxyl groups is 1. The van der Waals surface area contributed by atoms with Gasteiger partial charge < -0.3 is 15.7 Å². The summed E-state index contributed by atoms with van der Waals surface area (Å²) in [6, 6.07) is 10.6. The van der Waals surface area contributed by atoms with Gasteiger partial charge in [-0.05, 0) is 42.5 Å². The zero-order chi connectivity index (χ0) is 18.8. The summed E-state index contributed by atoms with van der Waals surface area (Å²) in [6.45, 7) is 3.96. The number of rotatable bonds is 5. The Kier molecular flexibility index (Phi) is 5.04. The van der Waals surface area contributed by atoms with Gasteiger partial charge in [0.2, 0.25) is 0 Å². The number of carbonyl (C=O) groups excluding carboxylic acids is 2. The minimum atomic E-state index is -1.02. The minimum absolute atomic E-state index is 0.103. The third-order valence-electron chi connectivity index (χ3n) is 4.76. The predicted octanol–water partition coefficient (Wildman–Crippen LogP) is 1.97. The van der Waals surface area contributed by atoms with Crippen LogP contribution in [0.1, 0.15) is 57.1 Å². The molecule has 0 radical (unpaired) electrons. The second kappa shape index (κ2) is 7.25. The van der Waals surface area contributed by atoms with Gasteiger partial charge in [-0.25, -0.2) is 4.98 Å². The number of pyridine rings is 1. The maximum absolute atomic E-state index is 12.5. The molecule has 1 aromatic heterocycles. The summed E-state index contributed by atoms with van der Waals surface area (Å²) in [7, 11) is 1.50. The summed E-state index contributed by atoms with van der Waals surface area (Å²) in [6.07, 6.45) is -0.0649. The van der Waals surface area contributed by atoms with Crippen molar-refractivity contribution in [1.82, 2.24) is 15.6 Å². The molecule has 1 fully saturated rings. The third-order valence-corrected chi connectivity index (χ3v) is 4.76. The van der Waals surface area contributed by atoms with Gasteiger partial charge in [0.1, 0.15) is 11.8 Å². The highest BCUT2D eigenvalue weighted by molar-refractivity contribution is 5.98. The van der Waals surface area contributed by atoms with Crippen molar-refractivity contribution in [3.05, 3.63) is 64.5 Å². The minimum Gasteiger partial charge on any atom is -0.382 e. The van der Waals surface area contributed by atoms with Crippen molar-refractivity contribution in [2.75, 3.05) is 7.05 Å². The highest BCUT2D eigenvalue weighted by Gasteiger charge is 2.34. The Balaban J connectivity index is 1.98. The van der Waals surface area contributed by atoms with Crippen LogP contribution in [0, 0.1) is 12.8 Å². The molecule has 1 aliphatic carbocycles. The molecule has 2 aromatic rings. The van der Waals surface area contributed by atoms with Gasteiger partial charge in [0.25, 0.3) is 11.8 Å². The number of hydrogen-bond donors (Lipinski definition) is 3. The molecule has 6 heteroatoms. The molecule has 3 atom stereocenters. The lowest BCUT2D eigenvalue weighted by molar-refractivity contribution is 0.0949. The van der Waals surface area contributed by atoms with Crippen molar-refractivity contribution < 1.29 is 14.7 Å². The Hall–Kier alpha value is -2.73. The molecule has 0 saturated heterocycles. The SMILES string of the molecule is CNC(=O)c1cc(C(=O)NC2C[C@@H]2C)cc(C(O)c2ccccc2C)n1. The molecule has 0 bridgehead atoms. The number of hydrogen-bond acceptors (Lipinski definition) is 4. The maximum atomic E-state index is 12.5. The lowest BCUT2D eigenvalue weighted by Crippen LogP contribution is -2.28. The first-order chi connectivity index (χ1) is 12.4. The van der Waals surface area contributed by atoms with Crippen LogP contribution in [-0.2, 0) is 0 Å². The van der Waals surface area contributed by atoms with E-state index < -0.39 is 12.0 Å². The molecule has 1 saturated carbocycles. The quantitative estimate of drug-likeness (QED) is 0.766. The number of carbonyl (C=O) groups is 2. The average molecular weight is 353 g/mol. The molecular weight excluding hydrogens is 330 g/mol. The molecule has 6 nitrogen and oxygen atoms in total. The van der Waals surface area contributed by atoms with Gasteiger partial charge in [-0.3, -0.25) is 9.59 Å². The molecule has 3 rings (SSSR count). The number of aryl methyl sites for hydroxylation is 1. The van der Waals surface area contributed by atoms with Gasteiger partial charge in [0, 0.05) is 18.7 Å². The highest BCUT2D eigenvalue weighted by Crippen LogP contribution is 2.30. The number of amides is 2. The van der Waals surface area contributed by atoms with Crippen LogP contribution < -0.4 is 10.6 Å². The van der Waals surface area contributed by atoms with Crippen LogP contribution in [0.3, 0.4) is 0 Å². The van der Waals surface area contributed by atoms with Gasteiger partial charge in [-0.15, -0.1) is 0 Å². The van der Waals surface area contributed by atoms with Gasteiger partial charge >= 0.3 is 0 Å². The standard InChI is InChI=1S/C20H23N3O3/c1-11-6-4-5-7-14(11)18(24)16-9-13(10-17(22-16)20(26)21-3)19(25)23-15-8-12(15)2/h4-7,9-10,12,15,18,24H,8H2,1-3H3,(H,21,26)(H,23,25)/t12-,15?,18?/m0/s1. The number of aliphatic hydroxyl groups excluding tert-OH is 1. The largest absolute Gasteiger partial charge is 0.382 e. The van der Waals surface area contributed by atoms with E-state index in [1.807, 2.05) is 25.1 Å². The van der Waals surface area contributed by atoms with Crippen molar-refractivity contribution in [2.24, 2.45) is 5.92 Å². The first kappa shape index (κ1) is 18.1. The fourth-order valence-corrected chi connectivity index (χ4v) is 2.90. The monoisotopic (exact) mass is 353 g/mol. The number of nitrogens with zero attached hydrogens (tertiary/aromatic N) is 1. The zero-order valence-electron chi connectivity index (χ0n) is 15.1. The van der Waals surface area contributed by atoms with Gasteiger partial charge in [0.05, 0.1) is 5.69 Å². The van der Waals surface area contributed by atoms with Crippen LogP contribution >= 0.6 is 0 Å². The fraction of sp³-hybridized carbons (Fsp3) is 0.350. The fourth-order valence-electron chi connectivity index (χ4n) is 2.90. The molecule has 3 N–H and O–H groups in total. The van der Waals surface area contributed by atoms with E-state index >= 15 is 0 Å². The van der Waals surface area contributed by atoms with Crippen LogP contribution in [0.2, 0.25) is 0 Å². The van der Waals surface area contributed by atoms with E-state index in [0.717, 1.165) is 12.0 Å². The van der Waals surface area contributed by atoms with Crippen LogP contribution in [0.15, 0.2) is 36.4 Å². The molecule has 26 heavy (non-hydrogen) atoms. The molecule has 1 heterocycles. The summed E-state index contributed by atoms with van der Waals surface area (Å²) < 4.78 is 0. The Morgan fingerprint density at radius 2 is 1.92 bits per heavy atom. The molecule has 2 amide bonds. The molecule has 2 unspecified atom stereocenters. The summed E-state index contributed by atoms with van der Waals surface area (Å²) in [5.41, 5.74) is 2.29. The average Bonchev–Trinajstić information content (AvgIpc) is 3.34. The summed E-state index contributed by atoms with van der Waals surface area (Å²) in [5, 5.41) is 16.2. The molecule has 136 valence electrons. The van der Waals surface area contributed by atoms with E-state index in [-0.39, 0.29) is 23.3 Å². The van der Waals surface area contributed by atoms with E-state index in [1.54, 1.807) is 12.1 Å². The highest BCUT2D eigenvalue weighted by atomic mass is 16.3. The Morgan fingerprint density at radius 3 is 2.54 bits per heavy atom. The number of nitrogens with one attached hydrogen (secondary N) is 2. The van der Waals surface area contributed by atoms with Gasteiger partial charge in [0.15, 0.2) is 0 Å². The van der Waals surface area contributed by atoms with Gasteiger partial charge in [-0.1, -0.05) is 31.2 Å². The Labute approximate surface area is 152 Å². The van der Waals surface area contributed by atoms with Crippen molar-refractivity contribution in [1.29, 1.82) is 0 Å².